The third-order valence-corrected chi connectivity index (χ3v) is 4.12. The lowest BCUT2D eigenvalue weighted by Gasteiger charge is -2.13. The zero-order valence-corrected chi connectivity index (χ0v) is 14.3. The minimum absolute atomic E-state index is 0.287. The second-order valence-corrected chi connectivity index (χ2v) is 5.92. The number of para-hydroxylation sites is 1. The maximum Gasteiger partial charge on any atom is 0.368 e. The van der Waals surface area contributed by atoms with Gasteiger partial charge in [0.25, 0.3) is 0 Å². The zero-order chi connectivity index (χ0) is 17.3. The van der Waals surface area contributed by atoms with E-state index < -0.39 is 0 Å². The first kappa shape index (κ1) is 16.0. The molecule has 0 saturated heterocycles. The lowest BCUT2D eigenvalue weighted by Crippen LogP contribution is -2.23. The molecule has 0 saturated carbocycles. The number of benzene rings is 2. The summed E-state index contributed by atoms with van der Waals surface area (Å²) < 4.78 is 8.48. The summed E-state index contributed by atoms with van der Waals surface area (Å²) in [7, 11) is 1.57. The number of rotatable bonds is 4. The van der Waals surface area contributed by atoms with Gasteiger partial charge in [0, 0.05) is 12.6 Å². The van der Waals surface area contributed by atoms with Crippen molar-refractivity contribution in [1.82, 2.24) is 19.8 Å². The quantitative estimate of drug-likeness (QED) is 0.739. The molecule has 1 aromatic heterocycles. The van der Waals surface area contributed by atoms with Crippen LogP contribution in [0.25, 0.3) is 5.69 Å². The molecule has 6 heteroatoms. The van der Waals surface area contributed by atoms with Crippen molar-refractivity contribution in [2.75, 3.05) is 0 Å². The van der Waals surface area contributed by atoms with Crippen molar-refractivity contribution in [3.63, 3.8) is 0 Å². The molecule has 0 unspecified atom stereocenters. The molecule has 6 nitrogen and oxygen atoms in total. The largest absolute Gasteiger partial charge is 0.489 e. The summed E-state index contributed by atoms with van der Waals surface area (Å²) in [5.74, 6) is 0.847. The second-order valence-electron chi connectivity index (χ2n) is 5.92. The van der Waals surface area contributed by atoms with Gasteiger partial charge in [0.05, 0.1) is 5.69 Å². The van der Waals surface area contributed by atoms with Crippen LogP contribution >= 0.6 is 0 Å². The number of aromatic nitrogens is 4. The van der Waals surface area contributed by atoms with Gasteiger partial charge in [-0.15, -0.1) is 0 Å². The van der Waals surface area contributed by atoms with E-state index in [1.54, 1.807) is 7.05 Å². The van der Waals surface area contributed by atoms with Gasteiger partial charge < -0.3 is 4.74 Å². The zero-order valence-electron chi connectivity index (χ0n) is 14.3. The average molecular weight is 324 g/mol. The van der Waals surface area contributed by atoms with Crippen LogP contribution in [-0.2, 0) is 13.7 Å². The van der Waals surface area contributed by atoms with Crippen LogP contribution in [0.15, 0.2) is 41.2 Å². The Balaban J connectivity index is 1.91. The van der Waals surface area contributed by atoms with E-state index in [4.69, 9.17) is 4.74 Å². The van der Waals surface area contributed by atoms with Crippen LogP contribution in [0.5, 0.6) is 5.75 Å². The highest BCUT2D eigenvalue weighted by molar-refractivity contribution is 5.42. The van der Waals surface area contributed by atoms with Crippen LogP contribution in [0.3, 0.4) is 0 Å². The van der Waals surface area contributed by atoms with E-state index in [9.17, 15) is 4.79 Å². The molecule has 0 spiro atoms. The smallest absolute Gasteiger partial charge is 0.368 e. The van der Waals surface area contributed by atoms with Crippen LogP contribution in [0.2, 0.25) is 0 Å². The van der Waals surface area contributed by atoms with E-state index in [0.717, 1.165) is 16.9 Å². The SMILES string of the molecule is Cc1cc(C)c(OCc2ccccc2-n2nnn(C)c2=O)cc1C. The lowest BCUT2D eigenvalue weighted by atomic mass is 10.1. The summed E-state index contributed by atoms with van der Waals surface area (Å²) in [6.45, 7) is 6.53. The van der Waals surface area contributed by atoms with Crippen LogP contribution in [0, 0.1) is 20.8 Å². The molecule has 0 atom stereocenters. The van der Waals surface area contributed by atoms with Crippen molar-refractivity contribution in [3.05, 3.63) is 69.1 Å². The normalized spacial score (nSPS) is 10.8. The van der Waals surface area contributed by atoms with E-state index in [0.29, 0.717) is 12.3 Å². The van der Waals surface area contributed by atoms with Gasteiger partial charge in [-0.2, -0.15) is 9.36 Å². The minimum atomic E-state index is -0.287. The van der Waals surface area contributed by atoms with Crippen LogP contribution < -0.4 is 10.4 Å². The summed E-state index contributed by atoms with van der Waals surface area (Å²) in [4.78, 5) is 12.1. The Labute approximate surface area is 140 Å². The van der Waals surface area contributed by atoms with E-state index in [-0.39, 0.29) is 5.69 Å². The number of aryl methyl sites for hydroxylation is 4. The van der Waals surface area contributed by atoms with E-state index >= 15 is 0 Å². The Kier molecular flexibility index (Phi) is 4.20. The fraction of sp³-hybridized carbons (Fsp3) is 0.278. The van der Waals surface area contributed by atoms with E-state index in [1.165, 1.54) is 20.5 Å². The maximum absolute atomic E-state index is 12.1. The van der Waals surface area contributed by atoms with Gasteiger partial charge >= 0.3 is 5.69 Å². The Morgan fingerprint density at radius 1 is 1.00 bits per heavy atom. The summed E-state index contributed by atoms with van der Waals surface area (Å²) >= 11 is 0. The molecule has 0 N–H and O–H groups in total. The number of ether oxygens (including phenoxy) is 1. The monoisotopic (exact) mass is 324 g/mol. The summed E-state index contributed by atoms with van der Waals surface area (Å²) in [5, 5.41) is 7.67. The lowest BCUT2D eigenvalue weighted by molar-refractivity contribution is 0.303. The molecule has 3 rings (SSSR count). The third kappa shape index (κ3) is 2.95. The molecule has 0 radical (unpaired) electrons. The Morgan fingerprint density at radius 3 is 2.42 bits per heavy atom. The molecule has 2 aromatic carbocycles. The molecule has 0 aliphatic heterocycles. The second kappa shape index (κ2) is 6.31. The highest BCUT2D eigenvalue weighted by atomic mass is 16.5. The summed E-state index contributed by atoms with van der Waals surface area (Å²) in [5.41, 5.74) is 4.78. The van der Waals surface area contributed by atoms with Crippen LogP contribution in [0.1, 0.15) is 22.3 Å². The van der Waals surface area contributed by atoms with Gasteiger partial charge in [0.15, 0.2) is 0 Å². The number of tetrazole rings is 1. The number of hydrogen-bond donors (Lipinski definition) is 0. The molecule has 0 fully saturated rings. The van der Waals surface area contributed by atoms with Gasteiger partial charge in [-0.3, -0.25) is 0 Å². The molecule has 3 aromatic rings. The molecular formula is C18H20N4O2. The standard InChI is InChI=1S/C18H20N4O2/c1-12-9-14(3)17(10-13(12)2)24-11-15-7-5-6-8-16(15)22-18(23)21(4)19-20-22/h5-10H,11H2,1-4H3. The van der Waals surface area contributed by atoms with Gasteiger partial charge in [-0.25, -0.2) is 4.79 Å². The molecule has 124 valence electrons. The van der Waals surface area contributed by atoms with E-state index in [2.05, 4.69) is 30.3 Å². The van der Waals surface area contributed by atoms with Crippen LogP contribution in [0.4, 0.5) is 0 Å². The molecule has 0 aliphatic rings. The highest BCUT2D eigenvalue weighted by Gasteiger charge is 2.11. The van der Waals surface area contributed by atoms with Gasteiger partial charge in [0.1, 0.15) is 12.4 Å². The molecular weight excluding hydrogens is 304 g/mol. The van der Waals surface area contributed by atoms with Crippen LogP contribution in [-0.4, -0.2) is 19.8 Å². The Morgan fingerprint density at radius 2 is 1.71 bits per heavy atom. The number of hydrogen-bond acceptors (Lipinski definition) is 4. The van der Waals surface area contributed by atoms with Crippen molar-refractivity contribution in [1.29, 1.82) is 0 Å². The predicted molar refractivity (Wildman–Crippen MR) is 91.6 cm³/mol. The molecule has 0 amide bonds. The molecule has 0 aliphatic carbocycles. The summed E-state index contributed by atoms with van der Waals surface area (Å²) in [6.07, 6.45) is 0. The molecule has 24 heavy (non-hydrogen) atoms. The van der Waals surface area contributed by atoms with E-state index in [1.807, 2.05) is 37.3 Å². The topological polar surface area (TPSA) is 61.9 Å². The van der Waals surface area contributed by atoms with Crippen molar-refractivity contribution in [2.24, 2.45) is 7.05 Å². The van der Waals surface area contributed by atoms with Gasteiger partial charge in [-0.05, 0) is 60.0 Å². The van der Waals surface area contributed by atoms with Crippen molar-refractivity contribution >= 4 is 0 Å². The van der Waals surface area contributed by atoms with Crippen molar-refractivity contribution < 1.29 is 4.74 Å². The summed E-state index contributed by atoms with van der Waals surface area (Å²) in [6, 6.07) is 11.7. The fourth-order valence-corrected chi connectivity index (χ4v) is 2.55. The Hall–Kier alpha value is -2.89. The van der Waals surface area contributed by atoms with Gasteiger partial charge in [0.2, 0.25) is 0 Å². The third-order valence-electron chi connectivity index (χ3n) is 4.12. The predicted octanol–water partition coefficient (Wildman–Crippen LogP) is 2.47. The van der Waals surface area contributed by atoms with Gasteiger partial charge in [-0.1, -0.05) is 24.3 Å². The molecule has 0 bridgehead atoms. The first-order chi connectivity index (χ1) is 11.5. The fourth-order valence-electron chi connectivity index (χ4n) is 2.55. The van der Waals surface area contributed by atoms with Crippen molar-refractivity contribution in [3.8, 4) is 11.4 Å². The minimum Gasteiger partial charge on any atom is -0.489 e. The molecule has 1 heterocycles. The number of nitrogens with zero attached hydrogens (tertiary/aromatic N) is 4. The maximum atomic E-state index is 12.1. The Bertz CT molecular complexity index is 940. The first-order valence-corrected chi connectivity index (χ1v) is 7.75. The first-order valence-electron chi connectivity index (χ1n) is 7.75. The highest BCUT2D eigenvalue weighted by Crippen LogP contribution is 2.24. The average Bonchev–Trinajstić information content (AvgIpc) is 2.89. The van der Waals surface area contributed by atoms with Crippen molar-refractivity contribution in [2.45, 2.75) is 27.4 Å².